The van der Waals surface area contributed by atoms with Crippen molar-refractivity contribution in [2.45, 2.75) is 47.3 Å². The number of nitrogens with two attached hydrogens (primary N) is 1. The number of hydrogen-bond donors (Lipinski definition) is 6. The number of phenols is 1. The summed E-state index contributed by atoms with van der Waals surface area (Å²) in [7, 11) is -20.2. The van der Waals surface area contributed by atoms with Crippen LogP contribution in [0.5, 0.6) is 5.75 Å². The molecule has 0 aromatic heterocycles. The summed E-state index contributed by atoms with van der Waals surface area (Å²) >= 11 is 0. The van der Waals surface area contributed by atoms with Gasteiger partial charge in [-0.15, -0.1) is 10.2 Å². The van der Waals surface area contributed by atoms with Crippen LogP contribution in [0.25, 0.3) is 21.5 Å². The lowest BCUT2D eigenvalue weighted by Gasteiger charge is -2.10. The fourth-order valence-electron chi connectivity index (χ4n) is 7.38. The molecule has 0 aliphatic heterocycles. The molecule has 0 saturated carbocycles. The van der Waals surface area contributed by atoms with Gasteiger partial charge in [-0.1, -0.05) is 0 Å². The fraction of sp³-hybridized carbons (Fsp3) is 0.0833. The number of fused-ring (bicyclic) bond motifs is 2. The zero-order valence-electron chi connectivity index (χ0n) is 39.7. The van der Waals surface area contributed by atoms with Crippen LogP contribution in [0.1, 0.15) is 22.3 Å². The van der Waals surface area contributed by atoms with Gasteiger partial charge in [0.25, 0.3) is 40.5 Å². The van der Waals surface area contributed by atoms with Crippen molar-refractivity contribution in [2.75, 3.05) is 5.73 Å². The van der Waals surface area contributed by atoms with E-state index in [1.54, 1.807) is 94.4 Å². The van der Waals surface area contributed by atoms with Gasteiger partial charge in [-0.05, 0) is 182 Å². The van der Waals surface area contributed by atoms with E-state index in [0.29, 0.717) is 79.9 Å². The molecule has 0 saturated heterocycles. The highest BCUT2D eigenvalue weighted by atomic mass is 32.2. The Balaban J connectivity index is 0.973. The van der Waals surface area contributed by atoms with Crippen molar-refractivity contribution in [3.63, 3.8) is 0 Å². The molecule has 0 aliphatic carbocycles. The van der Waals surface area contributed by atoms with Gasteiger partial charge in [0, 0.05) is 16.5 Å². The summed E-state index contributed by atoms with van der Waals surface area (Å²) < 4.78 is 137. The van der Waals surface area contributed by atoms with Crippen LogP contribution in [0.15, 0.2) is 192 Å². The average Bonchev–Trinajstić information content (AvgIpc) is 3.36. The van der Waals surface area contributed by atoms with Crippen molar-refractivity contribution in [1.29, 1.82) is 0 Å². The topological polar surface area (TPSA) is 387 Å². The summed E-state index contributed by atoms with van der Waals surface area (Å²) in [6.07, 6.45) is 0. The van der Waals surface area contributed by atoms with Crippen LogP contribution in [-0.4, -0.2) is 57.0 Å². The summed E-state index contributed by atoms with van der Waals surface area (Å²) in [5.41, 5.74) is 10.8. The molecule has 8 aromatic carbocycles. The smallest absolute Gasteiger partial charge is 0.296 e. The predicted molar refractivity (Wildman–Crippen MR) is 279 cm³/mol. The standard InChI is InChI=1S/C48H39N11O13S4/c1-25-15-34(10-13-39(25)54-52-33-11-14-40(26(2)16-33)55-58-43-24-38-30(21-45(43)75(67,68)69)20-36(73(61,62)63)23-44(38)74(64,65)66)53-56-41-17-28(4)42(18-27(41)3)57-59-47-46(76(70,71)72)22-29-19-35(9-12-37(29)48(47)60)51-50-32-7-5-31(49)6-8-32/h5-24,60H,49H2,1-4H3,(H,61,62,63)(H,64,65,66)(H,67,68,69)(H,70,71,72). The van der Waals surface area contributed by atoms with Gasteiger partial charge < -0.3 is 10.8 Å². The highest BCUT2D eigenvalue weighted by Gasteiger charge is 2.26. The zero-order chi connectivity index (χ0) is 55.1. The molecule has 388 valence electrons. The number of azo groups is 5. The summed E-state index contributed by atoms with van der Waals surface area (Å²) in [6, 6.07) is 28.1. The van der Waals surface area contributed by atoms with E-state index in [1.165, 1.54) is 24.3 Å². The third-order valence-electron chi connectivity index (χ3n) is 11.3. The minimum absolute atomic E-state index is 0.190. The fourth-order valence-corrected chi connectivity index (χ4v) is 10.0. The zero-order valence-corrected chi connectivity index (χ0v) is 43.0. The normalized spacial score (nSPS) is 13.0. The van der Waals surface area contributed by atoms with E-state index in [4.69, 9.17) is 5.73 Å². The quantitative estimate of drug-likeness (QED) is 0.0335. The molecule has 0 aliphatic rings. The van der Waals surface area contributed by atoms with Crippen LogP contribution < -0.4 is 5.73 Å². The Morgan fingerprint density at radius 3 is 1.32 bits per heavy atom. The number of nitrogens with zero attached hydrogens (tertiary/aromatic N) is 10. The Labute approximate surface area is 432 Å². The highest BCUT2D eigenvalue weighted by Crippen LogP contribution is 2.44. The maximum absolute atomic E-state index is 12.5. The van der Waals surface area contributed by atoms with E-state index < -0.39 is 88.0 Å². The van der Waals surface area contributed by atoms with Gasteiger partial charge in [0.1, 0.15) is 26.1 Å². The number of anilines is 1. The first-order chi connectivity index (χ1) is 35.6. The second kappa shape index (κ2) is 20.7. The van der Waals surface area contributed by atoms with E-state index in [9.17, 15) is 57.0 Å². The van der Waals surface area contributed by atoms with E-state index in [-0.39, 0.29) is 16.5 Å². The molecule has 7 N–H and O–H groups in total. The lowest BCUT2D eigenvalue weighted by molar-refractivity contribution is 0.472. The predicted octanol–water partition coefficient (Wildman–Crippen LogP) is 13.6. The van der Waals surface area contributed by atoms with Gasteiger partial charge in [0.2, 0.25) is 0 Å². The Hall–Kier alpha value is -8.48. The third-order valence-corrected chi connectivity index (χ3v) is 14.7. The lowest BCUT2D eigenvalue weighted by atomic mass is 10.1. The molecular weight excluding hydrogens is 1070 g/mol. The van der Waals surface area contributed by atoms with Crippen LogP contribution in [0, 0.1) is 27.7 Å². The van der Waals surface area contributed by atoms with Crippen LogP contribution in [-0.2, 0) is 40.5 Å². The number of benzene rings is 8. The van der Waals surface area contributed by atoms with Crippen molar-refractivity contribution < 1.29 is 57.0 Å². The van der Waals surface area contributed by atoms with E-state index >= 15 is 0 Å². The maximum atomic E-state index is 12.5. The molecule has 8 aromatic rings. The second-order valence-electron chi connectivity index (χ2n) is 16.8. The van der Waals surface area contributed by atoms with Crippen molar-refractivity contribution in [3.8, 4) is 5.75 Å². The minimum Gasteiger partial charge on any atom is -0.505 e. The summed E-state index contributed by atoms with van der Waals surface area (Å²) in [5.74, 6) is -0.540. The molecule has 0 spiro atoms. The van der Waals surface area contributed by atoms with Crippen LogP contribution in [0.4, 0.5) is 62.6 Å². The maximum Gasteiger partial charge on any atom is 0.296 e. The van der Waals surface area contributed by atoms with Crippen molar-refractivity contribution >= 4 is 125 Å². The number of phenolic OH excluding ortho intramolecular Hbond substituents is 1. The summed E-state index contributed by atoms with van der Waals surface area (Å²) in [4.78, 5) is -3.54. The first-order valence-electron chi connectivity index (χ1n) is 21.7. The van der Waals surface area contributed by atoms with E-state index in [1.807, 2.05) is 0 Å². The van der Waals surface area contributed by atoms with E-state index in [2.05, 4.69) is 51.1 Å². The Bertz CT molecular complexity index is 4360. The van der Waals surface area contributed by atoms with Gasteiger partial charge in [0.05, 0.1) is 50.4 Å². The van der Waals surface area contributed by atoms with Gasteiger partial charge in [-0.3, -0.25) is 18.2 Å². The number of hydrogen-bond acceptors (Lipinski definition) is 20. The average molecular weight is 1110 g/mol. The molecule has 0 atom stereocenters. The molecule has 0 fully saturated rings. The molecule has 0 unspecified atom stereocenters. The minimum atomic E-state index is -5.15. The molecule has 76 heavy (non-hydrogen) atoms. The van der Waals surface area contributed by atoms with Gasteiger partial charge in [-0.2, -0.15) is 74.6 Å². The van der Waals surface area contributed by atoms with Gasteiger partial charge >= 0.3 is 0 Å². The molecule has 24 nitrogen and oxygen atoms in total. The molecule has 28 heteroatoms. The molecule has 0 amide bonds. The molecule has 8 rings (SSSR count). The number of nitrogen functional groups attached to an aromatic ring is 1. The third kappa shape index (κ3) is 12.2. The van der Waals surface area contributed by atoms with Gasteiger partial charge in [0.15, 0.2) is 5.75 Å². The SMILES string of the molecule is Cc1cc(N=Nc2cc(C)c(N=Nc3c(S(=O)(=O)O)cc4cc(N=Nc5ccc(N)cc5)ccc4c3O)cc2C)ccc1N=Nc1ccc(N=Nc2cc3c(S(=O)(=O)O)cc(S(=O)(=O)O)cc3cc2S(=O)(=O)O)c(C)c1. The van der Waals surface area contributed by atoms with Gasteiger partial charge in [-0.25, -0.2) is 0 Å². The molecule has 0 heterocycles. The van der Waals surface area contributed by atoms with Crippen LogP contribution >= 0.6 is 0 Å². The Morgan fingerprint density at radius 1 is 0.355 bits per heavy atom. The number of aryl methyl sites for hydroxylation is 4. The number of aromatic hydroxyl groups is 1. The summed E-state index contributed by atoms with van der Waals surface area (Å²) in [6.45, 7) is 6.88. The summed E-state index contributed by atoms with van der Waals surface area (Å²) in [5, 5.41) is 52.9. The molecule has 0 bridgehead atoms. The van der Waals surface area contributed by atoms with Crippen LogP contribution in [0.2, 0.25) is 0 Å². The number of rotatable bonds is 14. The first kappa shape index (κ1) is 53.8. The Kier molecular flexibility index (Phi) is 14.6. The van der Waals surface area contributed by atoms with Crippen molar-refractivity contribution in [1.82, 2.24) is 0 Å². The first-order valence-corrected chi connectivity index (χ1v) is 27.5. The monoisotopic (exact) mass is 1110 g/mol. The second-order valence-corrected chi connectivity index (χ2v) is 22.4. The van der Waals surface area contributed by atoms with Crippen molar-refractivity contribution in [2.24, 2.45) is 51.1 Å². The Morgan fingerprint density at radius 2 is 0.776 bits per heavy atom. The largest absolute Gasteiger partial charge is 0.505 e. The van der Waals surface area contributed by atoms with Crippen LogP contribution in [0.3, 0.4) is 0 Å². The highest BCUT2D eigenvalue weighted by molar-refractivity contribution is 7.87. The molecular formula is C48H39N11O13S4. The van der Waals surface area contributed by atoms with Crippen molar-refractivity contribution in [3.05, 3.63) is 144 Å². The van der Waals surface area contributed by atoms with E-state index in [0.717, 1.165) is 18.2 Å². The molecule has 0 radical (unpaired) electrons. The lowest BCUT2D eigenvalue weighted by Crippen LogP contribution is -2.05.